The van der Waals surface area contributed by atoms with Gasteiger partial charge in [-0.25, -0.2) is 4.39 Å². The summed E-state index contributed by atoms with van der Waals surface area (Å²) in [5.41, 5.74) is 0.861. The lowest BCUT2D eigenvalue weighted by atomic mass is 10.1. The summed E-state index contributed by atoms with van der Waals surface area (Å²) in [4.78, 5) is 0. The van der Waals surface area contributed by atoms with E-state index in [9.17, 15) is 4.39 Å². The first kappa shape index (κ1) is 14.6. The quantitative estimate of drug-likeness (QED) is 0.868. The molecule has 0 aliphatic heterocycles. The fourth-order valence-electron chi connectivity index (χ4n) is 1.61. The Morgan fingerprint density at radius 1 is 1.41 bits per heavy atom. The first-order chi connectivity index (χ1) is 7.94. The van der Waals surface area contributed by atoms with Gasteiger partial charge in [-0.05, 0) is 38.5 Å². The molecule has 0 unspecified atom stereocenters. The predicted molar refractivity (Wildman–Crippen MR) is 71.5 cm³/mol. The fraction of sp³-hybridized carbons (Fsp3) is 0.538. The summed E-state index contributed by atoms with van der Waals surface area (Å²) in [7, 11) is 0. The molecule has 0 spiro atoms. The minimum atomic E-state index is -0.227. The molecule has 0 aliphatic rings. The van der Waals surface area contributed by atoms with Gasteiger partial charge in [-0.2, -0.15) is 0 Å². The third kappa shape index (κ3) is 5.15. The number of nitrogens with one attached hydrogen (secondary N) is 1. The second kappa shape index (κ2) is 6.47. The van der Waals surface area contributed by atoms with Crippen molar-refractivity contribution in [2.24, 2.45) is 0 Å². The fourth-order valence-corrected chi connectivity index (χ4v) is 2.10. The van der Waals surface area contributed by atoms with Gasteiger partial charge < -0.3 is 10.1 Å². The smallest absolute Gasteiger partial charge is 0.124 e. The zero-order chi connectivity index (χ0) is 12.9. The summed E-state index contributed by atoms with van der Waals surface area (Å²) < 4.78 is 19.3. The Labute approximate surface area is 111 Å². The van der Waals surface area contributed by atoms with Gasteiger partial charge in [-0.1, -0.05) is 22.0 Å². The highest BCUT2D eigenvalue weighted by atomic mass is 79.9. The van der Waals surface area contributed by atoms with Crippen molar-refractivity contribution >= 4 is 15.9 Å². The van der Waals surface area contributed by atoms with Crippen LogP contribution in [0.2, 0.25) is 0 Å². The van der Waals surface area contributed by atoms with E-state index in [4.69, 9.17) is 4.74 Å². The number of rotatable bonds is 6. The summed E-state index contributed by atoms with van der Waals surface area (Å²) in [5, 5.41) is 3.31. The highest BCUT2D eigenvalue weighted by Crippen LogP contribution is 2.18. The Bertz CT molecular complexity index is 368. The van der Waals surface area contributed by atoms with Crippen LogP contribution in [0.3, 0.4) is 0 Å². The zero-order valence-corrected chi connectivity index (χ0v) is 12.1. The first-order valence-corrected chi connectivity index (χ1v) is 6.52. The predicted octanol–water partition coefficient (Wildman–Crippen LogP) is 3.49. The van der Waals surface area contributed by atoms with Crippen LogP contribution in [-0.4, -0.2) is 18.8 Å². The van der Waals surface area contributed by atoms with Crippen LogP contribution in [0.5, 0.6) is 0 Å². The number of benzene rings is 1. The molecular weight excluding hydrogens is 285 g/mol. The van der Waals surface area contributed by atoms with Gasteiger partial charge >= 0.3 is 0 Å². The van der Waals surface area contributed by atoms with Gasteiger partial charge in [0.2, 0.25) is 0 Å². The maximum Gasteiger partial charge on any atom is 0.124 e. The Kier molecular flexibility index (Phi) is 5.56. The minimum absolute atomic E-state index is 0.179. The molecule has 96 valence electrons. The lowest BCUT2D eigenvalue weighted by Crippen LogP contribution is -2.37. The SMILES string of the molecule is CCOC(C)(C)CNCc1ccc(F)cc1Br. The van der Waals surface area contributed by atoms with E-state index in [2.05, 4.69) is 21.2 Å². The second-order valence-electron chi connectivity index (χ2n) is 4.53. The van der Waals surface area contributed by atoms with Crippen molar-refractivity contribution < 1.29 is 9.13 Å². The summed E-state index contributed by atoms with van der Waals surface area (Å²) in [6, 6.07) is 4.72. The van der Waals surface area contributed by atoms with Crippen LogP contribution in [0.4, 0.5) is 4.39 Å². The van der Waals surface area contributed by atoms with Gasteiger partial charge in [-0.15, -0.1) is 0 Å². The molecule has 1 aromatic rings. The van der Waals surface area contributed by atoms with Crippen LogP contribution < -0.4 is 5.32 Å². The van der Waals surface area contributed by atoms with Crippen LogP contribution in [0.1, 0.15) is 26.3 Å². The standard InChI is InChI=1S/C13H19BrFNO/c1-4-17-13(2,3)9-16-8-10-5-6-11(15)7-12(10)14/h5-7,16H,4,8-9H2,1-3H3. The van der Waals surface area contributed by atoms with E-state index in [0.29, 0.717) is 13.2 Å². The number of ether oxygens (including phenoxy) is 1. The Balaban J connectivity index is 2.46. The van der Waals surface area contributed by atoms with E-state index in [0.717, 1.165) is 16.6 Å². The average molecular weight is 304 g/mol. The van der Waals surface area contributed by atoms with Crippen molar-refractivity contribution in [3.63, 3.8) is 0 Å². The molecule has 0 radical (unpaired) electrons. The van der Waals surface area contributed by atoms with Crippen molar-refractivity contribution in [3.8, 4) is 0 Å². The number of halogens is 2. The topological polar surface area (TPSA) is 21.3 Å². The molecule has 0 bridgehead atoms. The van der Waals surface area contributed by atoms with Crippen molar-refractivity contribution in [1.82, 2.24) is 5.32 Å². The first-order valence-electron chi connectivity index (χ1n) is 5.73. The lowest BCUT2D eigenvalue weighted by Gasteiger charge is -2.25. The van der Waals surface area contributed by atoms with Gasteiger partial charge in [0.15, 0.2) is 0 Å². The Hall–Kier alpha value is -0.450. The maximum atomic E-state index is 12.9. The molecule has 4 heteroatoms. The summed E-state index contributed by atoms with van der Waals surface area (Å²) >= 11 is 3.35. The molecule has 0 amide bonds. The molecule has 1 rings (SSSR count). The van der Waals surface area contributed by atoms with E-state index in [1.807, 2.05) is 20.8 Å². The number of hydrogen-bond acceptors (Lipinski definition) is 2. The monoisotopic (exact) mass is 303 g/mol. The molecule has 0 saturated heterocycles. The van der Waals surface area contributed by atoms with Crippen molar-refractivity contribution in [1.29, 1.82) is 0 Å². The second-order valence-corrected chi connectivity index (χ2v) is 5.39. The van der Waals surface area contributed by atoms with Crippen molar-refractivity contribution in [2.75, 3.05) is 13.2 Å². The van der Waals surface area contributed by atoms with Crippen molar-refractivity contribution in [2.45, 2.75) is 32.9 Å². The summed E-state index contributed by atoms with van der Waals surface area (Å²) in [6.45, 7) is 8.22. The zero-order valence-electron chi connectivity index (χ0n) is 10.5. The molecule has 1 N–H and O–H groups in total. The summed E-state index contributed by atoms with van der Waals surface area (Å²) in [5.74, 6) is -0.227. The molecule has 0 aromatic heterocycles. The third-order valence-corrected chi connectivity index (χ3v) is 3.15. The van der Waals surface area contributed by atoms with Crippen LogP contribution >= 0.6 is 15.9 Å². The largest absolute Gasteiger partial charge is 0.375 e. The van der Waals surface area contributed by atoms with Crippen LogP contribution in [0.25, 0.3) is 0 Å². The minimum Gasteiger partial charge on any atom is -0.375 e. The van der Waals surface area contributed by atoms with Gasteiger partial charge in [0.1, 0.15) is 5.82 Å². The normalized spacial score (nSPS) is 11.8. The molecule has 2 nitrogen and oxygen atoms in total. The van der Waals surface area contributed by atoms with Crippen LogP contribution in [0.15, 0.2) is 22.7 Å². The molecule has 0 aliphatic carbocycles. The molecule has 17 heavy (non-hydrogen) atoms. The molecule has 0 heterocycles. The van der Waals surface area contributed by atoms with E-state index in [1.165, 1.54) is 12.1 Å². The molecule has 0 fully saturated rings. The average Bonchev–Trinajstić information content (AvgIpc) is 2.21. The molecule has 0 atom stereocenters. The maximum absolute atomic E-state index is 12.9. The molecule has 0 saturated carbocycles. The lowest BCUT2D eigenvalue weighted by molar-refractivity contribution is -0.00898. The Morgan fingerprint density at radius 2 is 2.12 bits per heavy atom. The Morgan fingerprint density at radius 3 is 2.71 bits per heavy atom. The van der Waals surface area contributed by atoms with E-state index < -0.39 is 0 Å². The van der Waals surface area contributed by atoms with Gasteiger partial charge in [0.25, 0.3) is 0 Å². The molecule has 1 aromatic carbocycles. The number of hydrogen-bond donors (Lipinski definition) is 1. The highest BCUT2D eigenvalue weighted by Gasteiger charge is 2.16. The van der Waals surface area contributed by atoms with Crippen LogP contribution in [-0.2, 0) is 11.3 Å². The van der Waals surface area contributed by atoms with E-state index in [1.54, 1.807) is 6.07 Å². The van der Waals surface area contributed by atoms with Crippen molar-refractivity contribution in [3.05, 3.63) is 34.1 Å². The highest BCUT2D eigenvalue weighted by molar-refractivity contribution is 9.10. The van der Waals surface area contributed by atoms with Crippen LogP contribution in [0, 0.1) is 5.82 Å². The molecular formula is C13H19BrFNO. The van der Waals surface area contributed by atoms with Gasteiger partial charge in [0.05, 0.1) is 5.60 Å². The van der Waals surface area contributed by atoms with Gasteiger partial charge in [-0.3, -0.25) is 0 Å². The van der Waals surface area contributed by atoms with E-state index >= 15 is 0 Å². The summed E-state index contributed by atoms with van der Waals surface area (Å²) in [6.07, 6.45) is 0. The third-order valence-electron chi connectivity index (χ3n) is 2.42. The van der Waals surface area contributed by atoms with Gasteiger partial charge in [0, 0.05) is 24.2 Å². The van der Waals surface area contributed by atoms with E-state index in [-0.39, 0.29) is 11.4 Å².